The summed E-state index contributed by atoms with van der Waals surface area (Å²) < 4.78 is 6.93. The largest absolute Gasteiger partial charge is 0.457 e. The van der Waals surface area contributed by atoms with Gasteiger partial charge in [-0.2, -0.15) is 0 Å². The van der Waals surface area contributed by atoms with Gasteiger partial charge >= 0.3 is 0 Å². The molecule has 76 valence electrons. The van der Waals surface area contributed by atoms with Gasteiger partial charge in [0.25, 0.3) is 0 Å². The van der Waals surface area contributed by atoms with E-state index in [0.717, 1.165) is 11.5 Å². The number of rotatable bonds is 2. The monoisotopic (exact) mass is 310 g/mol. The van der Waals surface area contributed by atoms with Crippen molar-refractivity contribution in [1.82, 2.24) is 0 Å². The number of hydrogen-bond acceptors (Lipinski definition) is 1. The molecule has 0 aliphatic carbocycles. The van der Waals surface area contributed by atoms with Crippen molar-refractivity contribution in [2.24, 2.45) is 0 Å². The third-order valence-electron chi connectivity index (χ3n) is 2.12. The summed E-state index contributed by atoms with van der Waals surface area (Å²) in [4.78, 5) is 0. The van der Waals surface area contributed by atoms with Crippen molar-refractivity contribution in [2.45, 2.75) is 6.92 Å². The molecule has 0 amide bonds. The lowest BCUT2D eigenvalue weighted by atomic mass is 10.2. The quantitative estimate of drug-likeness (QED) is 0.748. The van der Waals surface area contributed by atoms with Crippen molar-refractivity contribution in [1.29, 1.82) is 0 Å². The Morgan fingerprint density at radius 1 is 0.933 bits per heavy atom. The van der Waals surface area contributed by atoms with Gasteiger partial charge in [-0.15, -0.1) is 0 Å². The summed E-state index contributed by atoms with van der Waals surface area (Å²) in [7, 11) is 0. The molecule has 0 aliphatic rings. The Morgan fingerprint density at radius 3 is 2.33 bits per heavy atom. The molecule has 0 bridgehead atoms. The number of benzene rings is 2. The highest BCUT2D eigenvalue weighted by molar-refractivity contribution is 14.1. The molecular weight excluding hydrogens is 299 g/mol. The maximum absolute atomic E-state index is 5.71. The Bertz CT molecular complexity index is 451. The van der Waals surface area contributed by atoms with E-state index in [4.69, 9.17) is 4.74 Å². The van der Waals surface area contributed by atoms with E-state index in [-0.39, 0.29) is 0 Å². The second-order valence-corrected chi connectivity index (χ2v) is 4.49. The minimum atomic E-state index is 0.872. The van der Waals surface area contributed by atoms with E-state index in [1.807, 2.05) is 42.5 Å². The van der Waals surface area contributed by atoms with Gasteiger partial charge in [0.2, 0.25) is 0 Å². The fraction of sp³-hybridized carbons (Fsp3) is 0.0769. The van der Waals surface area contributed by atoms with E-state index in [1.165, 1.54) is 9.13 Å². The van der Waals surface area contributed by atoms with Gasteiger partial charge in [0.05, 0.1) is 0 Å². The summed E-state index contributed by atoms with van der Waals surface area (Å²) in [6.07, 6.45) is 0. The van der Waals surface area contributed by atoms with E-state index in [9.17, 15) is 0 Å². The third-order valence-corrected chi connectivity index (χ3v) is 3.28. The van der Waals surface area contributed by atoms with Gasteiger partial charge in [0, 0.05) is 3.57 Å². The highest BCUT2D eigenvalue weighted by Gasteiger charge is 1.99. The smallest absolute Gasteiger partial charge is 0.128 e. The third kappa shape index (κ3) is 2.72. The SMILES string of the molecule is Cc1ccc(Oc2ccccc2)cc1I. The van der Waals surface area contributed by atoms with Crippen LogP contribution in [0.25, 0.3) is 0 Å². The Hall–Kier alpha value is -1.03. The molecule has 0 radical (unpaired) electrons. The minimum Gasteiger partial charge on any atom is -0.457 e. The number of para-hydroxylation sites is 1. The van der Waals surface area contributed by atoms with Crippen molar-refractivity contribution >= 4 is 22.6 Å². The van der Waals surface area contributed by atoms with Gasteiger partial charge in [0.1, 0.15) is 11.5 Å². The molecule has 1 nitrogen and oxygen atoms in total. The summed E-state index contributed by atoms with van der Waals surface area (Å²) in [5.41, 5.74) is 1.27. The van der Waals surface area contributed by atoms with Crippen LogP contribution in [0.1, 0.15) is 5.56 Å². The first-order valence-corrected chi connectivity index (χ1v) is 5.82. The predicted molar refractivity (Wildman–Crippen MR) is 70.4 cm³/mol. The molecule has 0 heterocycles. The normalized spacial score (nSPS) is 10.0. The summed E-state index contributed by atoms with van der Waals surface area (Å²) in [5, 5.41) is 0. The highest BCUT2D eigenvalue weighted by atomic mass is 127. The highest BCUT2D eigenvalue weighted by Crippen LogP contribution is 2.24. The van der Waals surface area contributed by atoms with Crippen LogP contribution >= 0.6 is 22.6 Å². The van der Waals surface area contributed by atoms with Gasteiger partial charge in [-0.3, -0.25) is 0 Å². The lowest BCUT2D eigenvalue weighted by molar-refractivity contribution is 0.482. The van der Waals surface area contributed by atoms with Crippen LogP contribution in [0.3, 0.4) is 0 Å². The Balaban J connectivity index is 2.22. The molecule has 0 fully saturated rings. The molecule has 15 heavy (non-hydrogen) atoms. The Morgan fingerprint density at radius 2 is 1.67 bits per heavy atom. The first-order valence-electron chi connectivity index (χ1n) is 4.75. The van der Waals surface area contributed by atoms with E-state index in [2.05, 4.69) is 35.6 Å². The van der Waals surface area contributed by atoms with Gasteiger partial charge < -0.3 is 4.74 Å². The zero-order chi connectivity index (χ0) is 10.7. The summed E-state index contributed by atoms with van der Waals surface area (Å²) in [5.74, 6) is 1.76. The van der Waals surface area contributed by atoms with Crippen molar-refractivity contribution in [3.63, 3.8) is 0 Å². The van der Waals surface area contributed by atoms with Crippen LogP contribution in [0.15, 0.2) is 48.5 Å². The summed E-state index contributed by atoms with van der Waals surface area (Å²) in [6.45, 7) is 2.09. The molecule has 2 rings (SSSR count). The van der Waals surface area contributed by atoms with E-state index in [1.54, 1.807) is 0 Å². The molecule has 2 aromatic carbocycles. The maximum atomic E-state index is 5.71. The first kappa shape index (κ1) is 10.5. The molecule has 2 aromatic rings. The van der Waals surface area contributed by atoms with Crippen LogP contribution in [-0.2, 0) is 0 Å². The second-order valence-electron chi connectivity index (χ2n) is 3.33. The predicted octanol–water partition coefficient (Wildman–Crippen LogP) is 4.39. The van der Waals surface area contributed by atoms with Crippen molar-refractivity contribution in [2.75, 3.05) is 0 Å². The number of ether oxygens (including phenoxy) is 1. The molecule has 0 saturated heterocycles. The topological polar surface area (TPSA) is 9.23 Å². The minimum absolute atomic E-state index is 0.872. The number of hydrogen-bond donors (Lipinski definition) is 0. The fourth-order valence-corrected chi connectivity index (χ4v) is 1.75. The molecule has 2 heteroatoms. The molecule has 0 aliphatic heterocycles. The molecule has 0 saturated carbocycles. The Kier molecular flexibility index (Phi) is 3.26. The van der Waals surface area contributed by atoms with Crippen molar-refractivity contribution in [3.05, 3.63) is 57.7 Å². The average Bonchev–Trinajstić information content (AvgIpc) is 2.25. The van der Waals surface area contributed by atoms with Gasteiger partial charge in [-0.25, -0.2) is 0 Å². The lowest BCUT2D eigenvalue weighted by Crippen LogP contribution is -1.86. The molecule has 0 N–H and O–H groups in total. The first-order chi connectivity index (χ1) is 7.25. The zero-order valence-corrected chi connectivity index (χ0v) is 10.6. The molecule has 0 unspecified atom stereocenters. The van der Waals surface area contributed by atoms with E-state index in [0.29, 0.717) is 0 Å². The molecular formula is C13H11IO. The van der Waals surface area contributed by atoms with Gasteiger partial charge in [-0.1, -0.05) is 24.3 Å². The summed E-state index contributed by atoms with van der Waals surface area (Å²) in [6, 6.07) is 15.9. The number of aryl methyl sites for hydroxylation is 1. The van der Waals surface area contributed by atoms with Gasteiger partial charge in [0.15, 0.2) is 0 Å². The van der Waals surface area contributed by atoms with Crippen LogP contribution < -0.4 is 4.74 Å². The van der Waals surface area contributed by atoms with Crippen molar-refractivity contribution < 1.29 is 4.74 Å². The molecule has 0 atom stereocenters. The zero-order valence-electron chi connectivity index (χ0n) is 8.41. The van der Waals surface area contributed by atoms with Crippen molar-refractivity contribution in [3.8, 4) is 11.5 Å². The van der Waals surface area contributed by atoms with Crippen LogP contribution in [0.4, 0.5) is 0 Å². The fourth-order valence-electron chi connectivity index (χ4n) is 1.26. The average molecular weight is 310 g/mol. The van der Waals surface area contributed by atoms with E-state index < -0.39 is 0 Å². The number of halogens is 1. The van der Waals surface area contributed by atoms with Crippen LogP contribution in [0.5, 0.6) is 11.5 Å². The Labute approximate surface area is 103 Å². The van der Waals surface area contributed by atoms with Gasteiger partial charge in [-0.05, 0) is 59.3 Å². The maximum Gasteiger partial charge on any atom is 0.128 e. The second kappa shape index (κ2) is 4.66. The van der Waals surface area contributed by atoms with E-state index >= 15 is 0 Å². The standard InChI is InChI=1S/C13H11IO/c1-10-7-8-12(9-13(10)14)15-11-5-3-2-4-6-11/h2-9H,1H3. The van der Waals surface area contributed by atoms with Crippen LogP contribution in [0.2, 0.25) is 0 Å². The van der Waals surface area contributed by atoms with Crippen LogP contribution in [-0.4, -0.2) is 0 Å². The summed E-state index contributed by atoms with van der Waals surface area (Å²) >= 11 is 2.31. The molecule has 0 spiro atoms. The lowest BCUT2D eigenvalue weighted by Gasteiger charge is -2.06. The molecule has 0 aromatic heterocycles. The van der Waals surface area contributed by atoms with Crippen LogP contribution in [0, 0.1) is 10.5 Å².